The molecule has 5 atom stereocenters. The molecule has 1 aromatic carbocycles. The lowest BCUT2D eigenvalue weighted by Gasteiger charge is -2.40. The number of carbonyl (C=O) groups is 1. The summed E-state index contributed by atoms with van der Waals surface area (Å²) in [6, 6.07) is 8.83. The van der Waals surface area contributed by atoms with E-state index in [0.29, 0.717) is 16.7 Å². The van der Waals surface area contributed by atoms with Crippen molar-refractivity contribution in [3.63, 3.8) is 0 Å². The number of carbonyl (C=O) groups excluding carboxylic acids is 1. The second kappa shape index (κ2) is 12.4. The van der Waals surface area contributed by atoms with Crippen LogP contribution in [0.3, 0.4) is 0 Å². The Bertz CT molecular complexity index is 1400. The van der Waals surface area contributed by atoms with Gasteiger partial charge in [-0.05, 0) is 43.6 Å². The molecule has 12 nitrogen and oxygen atoms in total. The number of hydrogen-bond acceptors (Lipinski definition) is 9. The Morgan fingerprint density at radius 1 is 1.17 bits per heavy atom. The van der Waals surface area contributed by atoms with Crippen LogP contribution in [0.4, 0.5) is 5.82 Å². The maximum atomic E-state index is 12.8. The third-order valence-electron chi connectivity index (χ3n) is 7.72. The molecule has 1 amide bonds. The van der Waals surface area contributed by atoms with Gasteiger partial charge in [0.05, 0.1) is 25.2 Å². The third-order valence-corrected chi connectivity index (χ3v) is 13.7. The molecule has 1 fully saturated rings. The van der Waals surface area contributed by atoms with E-state index < -0.39 is 40.5 Å². The number of benzene rings is 1. The van der Waals surface area contributed by atoms with Crippen molar-refractivity contribution in [2.75, 3.05) is 25.2 Å². The van der Waals surface area contributed by atoms with E-state index in [4.69, 9.17) is 18.4 Å². The van der Waals surface area contributed by atoms with Gasteiger partial charge >= 0.3 is 7.60 Å². The zero-order chi connectivity index (χ0) is 30.0. The van der Waals surface area contributed by atoms with E-state index in [1.807, 2.05) is 6.07 Å². The number of aromatic nitrogens is 4. The SMILES string of the molecule is CCOP(=O)(O)CC[C@H]1O[C@@H](n2cnc3c(NC(=O)c4ccccc4)ncnc32)[C@H](O[Si](C)(C)C(C)(C)C)[C@@H]1OC. The molecule has 3 aromatic rings. The minimum Gasteiger partial charge on any atom is -0.407 e. The van der Waals surface area contributed by atoms with Crippen molar-refractivity contribution in [3.05, 3.63) is 48.5 Å². The maximum Gasteiger partial charge on any atom is 0.328 e. The number of methoxy groups -OCH3 is 1. The maximum absolute atomic E-state index is 12.8. The average Bonchev–Trinajstić information content (AvgIpc) is 3.48. The van der Waals surface area contributed by atoms with Gasteiger partial charge in [-0.25, -0.2) is 15.0 Å². The van der Waals surface area contributed by atoms with Crippen molar-refractivity contribution in [3.8, 4) is 0 Å². The van der Waals surface area contributed by atoms with Crippen LogP contribution in [0, 0.1) is 0 Å². The van der Waals surface area contributed by atoms with Crippen molar-refractivity contribution in [1.82, 2.24) is 19.5 Å². The van der Waals surface area contributed by atoms with Gasteiger partial charge < -0.3 is 28.6 Å². The quantitative estimate of drug-likeness (QED) is 0.226. The first-order chi connectivity index (χ1) is 19.3. The van der Waals surface area contributed by atoms with Crippen LogP contribution in [0.1, 0.15) is 50.7 Å². The van der Waals surface area contributed by atoms with E-state index in [1.54, 1.807) is 49.2 Å². The summed E-state index contributed by atoms with van der Waals surface area (Å²) in [7, 11) is -4.53. The number of imidazole rings is 1. The highest BCUT2D eigenvalue weighted by atomic mass is 31.2. The van der Waals surface area contributed by atoms with E-state index in [9.17, 15) is 14.3 Å². The predicted octanol–water partition coefficient (Wildman–Crippen LogP) is 4.99. The van der Waals surface area contributed by atoms with Crippen molar-refractivity contribution in [2.45, 2.75) is 76.8 Å². The largest absolute Gasteiger partial charge is 0.407 e. The molecule has 0 saturated carbocycles. The van der Waals surface area contributed by atoms with Crippen molar-refractivity contribution in [1.29, 1.82) is 0 Å². The molecule has 1 aliphatic heterocycles. The number of rotatable bonds is 11. The Hall–Kier alpha value is -2.51. The van der Waals surface area contributed by atoms with Gasteiger partial charge in [0.15, 0.2) is 31.5 Å². The lowest BCUT2D eigenvalue weighted by molar-refractivity contribution is -0.0333. The standard InChI is InChI=1S/C27H40N5O7PSi/c1-8-37-40(34,35)15-14-19-21(36-5)22(39-41(6,7)27(2,3)4)26(38-19)32-17-30-20-23(28-16-29-24(20)32)31-25(33)18-12-10-9-11-13-18/h9-13,16-17,19,21-22,26H,8,14-15H2,1-7H3,(H,34,35)(H,28,29,31,33)/t19-,21-,22-,26-/m1/s1. The fourth-order valence-electron chi connectivity index (χ4n) is 4.55. The monoisotopic (exact) mass is 605 g/mol. The van der Waals surface area contributed by atoms with Gasteiger partial charge in [0.25, 0.3) is 5.91 Å². The van der Waals surface area contributed by atoms with Crippen LogP contribution in [-0.4, -0.2) is 76.8 Å². The first-order valence-electron chi connectivity index (χ1n) is 13.6. The molecule has 0 radical (unpaired) electrons. The lowest BCUT2D eigenvalue weighted by atomic mass is 10.1. The highest BCUT2D eigenvalue weighted by Gasteiger charge is 2.51. The molecule has 0 aliphatic carbocycles. The number of nitrogens with one attached hydrogen (secondary N) is 1. The summed E-state index contributed by atoms with van der Waals surface area (Å²) in [5.41, 5.74) is 1.31. The summed E-state index contributed by atoms with van der Waals surface area (Å²) in [6.45, 7) is 12.5. The summed E-state index contributed by atoms with van der Waals surface area (Å²) in [5, 5.41) is 2.72. The smallest absolute Gasteiger partial charge is 0.328 e. The minimum atomic E-state index is -3.78. The summed E-state index contributed by atoms with van der Waals surface area (Å²) in [4.78, 5) is 36.3. The molecule has 1 saturated heterocycles. The van der Waals surface area contributed by atoms with E-state index in [1.165, 1.54) is 6.33 Å². The van der Waals surface area contributed by atoms with Crippen LogP contribution in [0.25, 0.3) is 11.2 Å². The topological polar surface area (TPSA) is 147 Å². The van der Waals surface area contributed by atoms with Crippen molar-refractivity contribution < 1.29 is 32.7 Å². The molecule has 4 rings (SSSR count). The van der Waals surface area contributed by atoms with Crippen LogP contribution in [0.15, 0.2) is 43.0 Å². The highest BCUT2D eigenvalue weighted by molar-refractivity contribution is 7.52. The van der Waals surface area contributed by atoms with E-state index >= 15 is 0 Å². The molecule has 1 aliphatic rings. The average molecular weight is 606 g/mol. The Morgan fingerprint density at radius 3 is 2.51 bits per heavy atom. The van der Waals surface area contributed by atoms with E-state index in [0.717, 1.165) is 0 Å². The fourth-order valence-corrected chi connectivity index (χ4v) is 6.95. The zero-order valence-electron chi connectivity index (χ0n) is 24.6. The Morgan fingerprint density at radius 2 is 1.88 bits per heavy atom. The molecule has 41 heavy (non-hydrogen) atoms. The predicted molar refractivity (Wildman–Crippen MR) is 157 cm³/mol. The molecule has 0 bridgehead atoms. The van der Waals surface area contributed by atoms with Gasteiger partial charge in [-0.1, -0.05) is 39.0 Å². The first kappa shape index (κ1) is 31.4. The van der Waals surface area contributed by atoms with Gasteiger partial charge in [0, 0.05) is 12.7 Å². The lowest BCUT2D eigenvalue weighted by Crippen LogP contribution is -2.49. The number of hydrogen-bond donors (Lipinski definition) is 2. The van der Waals surface area contributed by atoms with E-state index in [2.05, 4.69) is 54.1 Å². The number of anilines is 1. The van der Waals surface area contributed by atoms with Crippen LogP contribution >= 0.6 is 7.60 Å². The molecular formula is C27H40N5O7PSi. The van der Waals surface area contributed by atoms with E-state index in [-0.39, 0.29) is 36.0 Å². The molecule has 2 aromatic heterocycles. The van der Waals surface area contributed by atoms with Gasteiger partial charge in [-0.15, -0.1) is 0 Å². The Labute approximate surface area is 241 Å². The molecule has 2 N–H and O–H groups in total. The van der Waals surface area contributed by atoms with Gasteiger partial charge in [0.2, 0.25) is 0 Å². The summed E-state index contributed by atoms with van der Waals surface area (Å²) in [5.74, 6) is -0.0566. The second-order valence-electron chi connectivity index (χ2n) is 11.5. The van der Waals surface area contributed by atoms with Crippen molar-refractivity contribution in [2.24, 2.45) is 0 Å². The number of nitrogens with zero attached hydrogens (tertiary/aromatic N) is 4. The molecular weight excluding hydrogens is 565 g/mol. The van der Waals surface area contributed by atoms with Crippen molar-refractivity contribution >= 4 is 38.8 Å². The zero-order valence-corrected chi connectivity index (χ0v) is 26.5. The molecule has 1 unspecified atom stereocenters. The Kier molecular flexibility index (Phi) is 9.49. The normalized spacial score (nSPS) is 23.0. The summed E-state index contributed by atoms with van der Waals surface area (Å²) < 4.78 is 38.6. The van der Waals surface area contributed by atoms with Gasteiger partial charge in [-0.2, -0.15) is 0 Å². The molecule has 14 heteroatoms. The van der Waals surface area contributed by atoms with Crippen LogP contribution in [-0.2, 0) is 23.0 Å². The summed E-state index contributed by atoms with van der Waals surface area (Å²) in [6.07, 6.45) is 0.705. The van der Waals surface area contributed by atoms with Crippen LogP contribution < -0.4 is 5.32 Å². The first-order valence-corrected chi connectivity index (χ1v) is 18.3. The summed E-state index contributed by atoms with van der Waals surface area (Å²) >= 11 is 0. The fraction of sp³-hybridized carbons (Fsp3) is 0.556. The molecule has 0 spiro atoms. The second-order valence-corrected chi connectivity index (χ2v) is 18.3. The Balaban J connectivity index is 1.69. The molecule has 3 heterocycles. The number of amides is 1. The number of ether oxygens (including phenoxy) is 2. The number of fused-ring (bicyclic) bond motifs is 1. The minimum absolute atomic E-state index is 0.0899. The van der Waals surface area contributed by atoms with Crippen LogP contribution in [0.5, 0.6) is 0 Å². The van der Waals surface area contributed by atoms with Crippen LogP contribution in [0.2, 0.25) is 18.1 Å². The van der Waals surface area contributed by atoms with Gasteiger partial charge in [-0.3, -0.25) is 13.9 Å². The molecule has 224 valence electrons. The van der Waals surface area contributed by atoms with Gasteiger partial charge in [0.1, 0.15) is 18.5 Å². The highest BCUT2D eigenvalue weighted by Crippen LogP contribution is 2.47. The third kappa shape index (κ3) is 6.94.